The Balaban J connectivity index is 1.60. The lowest BCUT2D eigenvalue weighted by molar-refractivity contribution is -0.384. The maximum Gasteiger partial charge on any atom is 0.270 e. The van der Waals surface area contributed by atoms with E-state index in [2.05, 4.69) is 10.4 Å². The van der Waals surface area contributed by atoms with E-state index in [0.717, 1.165) is 5.56 Å². The molecule has 0 unspecified atom stereocenters. The summed E-state index contributed by atoms with van der Waals surface area (Å²) in [4.78, 5) is 22.3. The number of halogens is 1. The second-order valence-corrected chi connectivity index (χ2v) is 6.17. The number of nitrogens with one attached hydrogen (secondary N) is 1. The number of non-ortho nitro benzene ring substituents is 1. The molecular formula is C19H15ClN4O3. The molecule has 0 saturated heterocycles. The summed E-state index contributed by atoms with van der Waals surface area (Å²) < 4.78 is 1.69. The third-order valence-corrected chi connectivity index (χ3v) is 3.88. The van der Waals surface area contributed by atoms with Crippen LogP contribution in [0.1, 0.15) is 11.1 Å². The molecule has 136 valence electrons. The van der Waals surface area contributed by atoms with Crippen molar-refractivity contribution in [1.29, 1.82) is 0 Å². The number of rotatable bonds is 6. The number of hydrogen-bond acceptors (Lipinski definition) is 4. The van der Waals surface area contributed by atoms with Crippen molar-refractivity contribution in [3.8, 4) is 0 Å². The molecule has 2 aromatic carbocycles. The largest absolute Gasteiger partial charge is 0.320 e. The van der Waals surface area contributed by atoms with Crippen molar-refractivity contribution >= 4 is 35.0 Å². The molecule has 3 aromatic rings. The molecule has 1 N–H and O–H groups in total. The predicted molar refractivity (Wildman–Crippen MR) is 104 cm³/mol. The number of aromatic nitrogens is 2. The predicted octanol–water partition coefficient (Wildman–Crippen LogP) is 4.14. The van der Waals surface area contributed by atoms with Gasteiger partial charge in [0, 0.05) is 29.4 Å². The minimum atomic E-state index is -0.480. The first-order chi connectivity index (χ1) is 13.0. The molecular weight excluding hydrogens is 368 g/mol. The highest BCUT2D eigenvalue weighted by molar-refractivity contribution is 6.30. The van der Waals surface area contributed by atoms with Gasteiger partial charge in [0.2, 0.25) is 5.91 Å². The molecule has 0 spiro atoms. The van der Waals surface area contributed by atoms with Gasteiger partial charge in [-0.3, -0.25) is 19.6 Å². The second kappa shape index (κ2) is 8.29. The fourth-order valence-electron chi connectivity index (χ4n) is 2.43. The monoisotopic (exact) mass is 382 g/mol. The summed E-state index contributed by atoms with van der Waals surface area (Å²) in [6.07, 6.45) is 6.08. The number of nitrogens with zero attached hydrogens (tertiary/aromatic N) is 3. The molecule has 3 rings (SSSR count). The zero-order chi connectivity index (χ0) is 19.2. The average molecular weight is 383 g/mol. The maximum absolute atomic E-state index is 12.0. The summed E-state index contributed by atoms with van der Waals surface area (Å²) in [5.74, 6) is -0.358. The third kappa shape index (κ3) is 5.26. The Morgan fingerprint density at radius 3 is 2.85 bits per heavy atom. The van der Waals surface area contributed by atoms with Crippen LogP contribution in [0.15, 0.2) is 67.0 Å². The van der Waals surface area contributed by atoms with Gasteiger partial charge in [-0.05, 0) is 29.3 Å². The molecule has 1 aromatic heterocycles. The Morgan fingerprint density at radius 1 is 1.26 bits per heavy atom. The lowest BCUT2D eigenvalue weighted by atomic mass is 10.2. The maximum atomic E-state index is 12.0. The van der Waals surface area contributed by atoms with Gasteiger partial charge in [0.05, 0.1) is 23.4 Å². The lowest BCUT2D eigenvalue weighted by Crippen LogP contribution is -2.07. The molecule has 0 bridgehead atoms. The summed E-state index contributed by atoms with van der Waals surface area (Å²) >= 11 is 5.97. The van der Waals surface area contributed by atoms with Crippen LogP contribution in [0.5, 0.6) is 0 Å². The van der Waals surface area contributed by atoms with Crippen LogP contribution in [-0.2, 0) is 11.3 Å². The molecule has 0 fully saturated rings. The van der Waals surface area contributed by atoms with E-state index < -0.39 is 4.92 Å². The summed E-state index contributed by atoms with van der Waals surface area (Å²) in [5.41, 5.74) is 2.08. The number of carbonyl (C=O) groups excluding carboxylic acids is 1. The van der Waals surface area contributed by atoms with Crippen LogP contribution in [0.3, 0.4) is 0 Å². The molecule has 27 heavy (non-hydrogen) atoms. The van der Waals surface area contributed by atoms with Crippen molar-refractivity contribution < 1.29 is 9.72 Å². The quantitative estimate of drug-likeness (QED) is 0.394. The average Bonchev–Trinajstić information content (AvgIpc) is 3.07. The minimum absolute atomic E-state index is 0.0279. The highest BCUT2D eigenvalue weighted by Gasteiger charge is 2.05. The minimum Gasteiger partial charge on any atom is -0.320 e. The van der Waals surface area contributed by atoms with Gasteiger partial charge in [0.25, 0.3) is 5.69 Å². The number of carbonyl (C=O) groups is 1. The second-order valence-electron chi connectivity index (χ2n) is 5.73. The first kappa shape index (κ1) is 18.3. The van der Waals surface area contributed by atoms with Crippen LogP contribution in [-0.4, -0.2) is 20.6 Å². The zero-order valence-electron chi connectivity index (χ0n) is 14.1. The molecule has 0 radical (unpaired) electrons. The van der Waals surface area contributed by atoms with Crippen molar-refractivity contribution in [2.75, 3.05) is 5.32 Å². The molecule has 1 heterocycles. The number of hydrogen-bond donors (Lipinski definition) is 1. The van der Waals surface area contributed by atoms with E-state index >= 15 is 0 Å². The van der Waals surface area contributed by atoms with Crippen LogP contribution < -0.4 is 5.32 Å². The van der Waals surface area contributed by atoms with Crippen LogP contribution in [0.2, 0.25) is 5.02 Å². The molecule has 0 aliphatic rings. The SMILES string of the molecule is O=C(/C=C/c1cccc([N+](=O)[O-])c1)Nc1cnn(Cc2cccc(Cl)c2)c1. The van der Waals surface area contributed by atoms with E-state index in [4.69, 9.17) is 11.6 Å². The van der Waals surface area contributed by atoms with Crippen LogP contribution in [0.4, 0.5) is 11.4 Å². The van der Waals surface area contributed by atoms with E-state index in [1.54, 1.807) is 35.3 Å². The molecule has 8 heteroatoms. The summed E-state index contributed by atoms with van der Waals surface area (Å²) in [6.45, 7) is 0.528. The number of benzene rings is 2. The first-order valence-electron chi connectivity index (χ1n) is 8.00. The number of amides is 1. The van der Waals surface area contributed by atoms with Crippen molar-refractivity contribution in [2.24, 2.45) is 0 Å². The van der Waals surface area contributed by atoms with E-state index in [1.165, 1.54) is 24.3 Å². The fourth-order valence-corrected chi connectivity index (χ4v) is 2.65. The zero-order valence-corrected chi connectivity index (χ0v) is 14.8. The number of anilines is 1. The standard InChI is InChI=1S/C19H15ClN4O3/c20-16-5-1-4-15(9-16)12-23-13-17(11-21-23)22-19(25)8-7-14-3-2-6-18(10-14)24(26)27/h1-11,13H,12H2,(H,22,25)/b8-7+. The molecule has 1 amide bonds. The Kier molecular flexibility index (Phi) is 5.63. The van der Waals surface area contributed by atoms with Gasteiger partial charge in [-0.1, -0.05) is 35.9 Å². The normalized spacial score (nSPS) is 10.9. The van der Waals surface area contributed by atoms with E-state index in [9.17, 15) is 14.9 Å². The van der Waals surface area contributed by atoms with Gasteiger partial charge in [0.15, 0.2) is 0 Å². The Labute approximate surface area is 160 Å². The summed E-state index contributed by atoms with van der Waals surface area (Å²) in [7, 11) is 0. The van der Waals surface area contributed by atoms with Crippen molar-refractivity contribution in [3.63, 3.8) is 0 Å². The highest BCUT2D eigenvalue weighted by atomic mass is 35.5. The highest BCUT2D eigenvalue weighted by Crippen LogP contribution is 2.15. The molecule has 7 nitrogen and oxygen atoms in total. The van der Waals surface area contributed by atoms with Gasteiger partial charge in [-0.25, -0.2) is 0 Å². The van der Waals surface area contributed by atoms with Gasteiger partial charge in [0.1, 0.15) is 0 Å². The van der Waals surface area contributed by atoms with Crippen LogP contribution >= 0.6 is 11.6 Å². The number of nitro groups is 1. The van der Waals surface area contributed by atoms with Crippen molar-refractivity contribution in [1.82, 2.24) is 9.78 Å². The van der Waals surface area contributed by atoms with Crippen molar-refractivity contribution in [2.45, 2.75) is 6.54 Å². The van der Waals surface area contributed by atoms with E-state index in [1.807, 2.05) is 18.2 Å². The number of nitro benzene ring substituents is 1. The topological polar surface area (TPSA) is 90.1 Å². The third-order valence-electron chi connectivity index (χ3n) is 3.64. The van der Waals surface area contributed by atoms with Crippen molar-refractivity contribution in [3.05, 3.63) is 93.3 Å². The molecule has 0 saturated carbocycles. The summed E-state index contributed by atoms with van der Waals surface area (Å²) in [6, 6.07) is 13.5. The first-order valence-corrected chi connectivity index (χ1v) is 8.38. The smallest absolute Gasteiger partial charge is 0.270 e. The van der Waals surface area contributed by atoms with Gasteiger partial charge in [-0.15, -0.1) is 0 Å². The van der Waals surface area contributed by atoms with Gasteiger partial charge >= 0.3 is 0 Å². The molecule has 0 atom stereocenters. The van der Waals surface area contributed by atoms with Crippen LogP contribution in [0, 0.1) is 10.1 Å². The van der Waals surface area contributed by atoms with Crippen LogP contribution in [0.25, 0.3) is 6.08 Å². The van der Waals surface area contributed by atoms with Gasteiger partial charge < -0.3 is 5.32 Å². The summed E-state index contributed by atoms with van der Waals surface area (Å²) in [5, 5.41) is 18.3. The fraction of sp³-hybridized carbons (Fsp3) is 0.0526. The molecule has 0 aliphatic heterocycles. The molecule has 0 aliphatic carbocycles. The Morgan fingerprint density at radius 2 is 2.07 bits per heavy atom. The Bertz CT molecular complexity index is 1010. The van der Waals surface area contributed by atoms with E-state index in [0.29, 0.717) is 22.8 Å². The van der Waals surface area contributed by atoms with E-state index in [-0.39, 0.29) is 11.6 Å². The Hall–Kier alpha value is -3.45. The lowest BCUT2D eigenvalue weighted by Gasteiger charge is -2.02. The van der Waals surface area contributed by atoms with Gasteiger partial charge in [-0.2, -0.15) is 5.10 Å².